The van der Waals surface area contributed by atoms with Gasteiger partial charge in [0.05, 0.1) is 23.0 Å². The molecule has 1 aromatic heterocycles. The molecule has 4 heterocycles. The summed E-state index contributed by atoms with van der Waals surface area (Å²) in [6, 6.07) is 4.00. The van der Waals surface area contributed by atoms with E-state index >= 15 is 0 Å². The first kappa shape index (κ1) is 19.3. The minimum absolute atomic E-state index is 0.0298. The predicted molar refractivity (Wildman–Crippen MR) is 115 cm³/mol. The van der Waals surface area contributed by atoms with Crippen molar-refractivity contribution in [2.24, 2.45) is 0 Å². The zero-order valence-corrected chi connectivity index (χ0v) is 17.8. The van der Waals surface area contributed by atoms with Gasteiger partial charge in [0.1, 0.15) is 11.6 Å². The second-order valence-corrected chi connectivity index (χ2v) is 9.03. The van der Waals surface area contributed by atoms with E-state index in [2.05, 4.69) is 9.80 Å². The third-order valence-corrected chi connectivity index (χ3v) is 7.33. The Labute approximate surface area is 176 Å². The number of hydrogen-bond donors (Lipinski definition) is 0. The molecule has 2 atom stereocenters. The second-order valence-electron chi connectivity index (χ2n) is 8.62. The number of aromatic nitrogens is 2. The van der Waals surface area contributed by atoms with Gasteiger partial charge >= 0.3 is 0 Å². The van der Waals surface area contributed by atoms with Gasteiger partial charge in [-0.2, -0.15) is 0 Å². The number of hydrogen-bond acceptors (Lipinski definition) is 5. The predicted octanol–water partition coefficient (Wildman–Crippen LogP) is 3.11. The summed E-state index contributed by atoms with van der Waals surface area (Å²) in [6.07, 6.45) is 5.97. The molecule has 3 aliphatic rings. The zero-order chi connectivity index (χ0) is 20.0. The number of methoxy groups -OCH3 is 1. The number of nitrogens with zero attached hydrogens (tertiary/aromatic N) is 4. The van der Waals surface area contributed by atoms with Gasteiger partial charge in [0.15, 0.2) is 0 Å². The van der Waals surface area contributed by atoms with Crippen LogP contribution < -0.4 is 10.3 Å². The highest BCUT2D eigenvalue weighted by atomic mass is 35.5. The fourth-order valence-electron chi connectivity index (χ4n) is 5.52. The Hall–Kier alpha value is -1.63. The Morgan fingerprint density at radius 3 is 2.72 bits per heavy atom. The summed E-state index contributed by atoms with van der Waals surface area (Å²) >= 11 is 6.27. The molecular formula is C22H29ClN4O2. The molecule has 0 unspecified atom stereocenters. The number of halogens is 1. The molecule has 0 N–H and O–H groups in total. The van der Waals surface area contributed by atoms with Crippen molar-refractivity contribution in [3.8, 4) is 5.75 Å². The van der Waals surface area contributed by atoms with Crippen LogP contribution in [-0.4, -0.2) is 65.2 Å². The summed E-state index contributed by atoms with van der Waals surface area (Å²) in [4.78, 5) is 23.4. The second kappa shape index (κ2) is 7.89. The molecule has 7 heteroatoms. The van der Waals surface area contributed by atoms with Crippen LogP contribution in [0.25, 0.3) is 10.9 Å². The van der Waals surface area contributed by atoms with Gasteiger partial charge in [0, 0.05) is 37.7 Å². The normalized spacial score (nSPS) is 25.2. The van der Waals surface area contributed by atoms with Gasteiger partial charge < -0.3 is 9.64 Å². The molecule has 1 aromatic carbocycles. The lowest BCUT2D eigenvalue weighted by Gasteiger charge is -2.45. The molecule has 0 radical (unpaired) electrons. The highest BCUT2D eigenvalue weighted by Gasteiger charge is 2.38. The summed E-state index contributed by atoms with van der Waals surface area (Å²) in [5.74, 6) is 1.85. The van der Waals surface area contributed by atoms with Crippen LogP contribution in [0.15, 0.2) is 16.9 Å². The number of fused-ring (bicyclic) bond motifs is 4. The summed E-state index contributed by atoms with van der Waals surface area (Å²) in [7, 11) is 1.59. The number of likely N-dealkylation sites (tertiary alicyclic amines) is 2. The third kappa shape index (κ3) is 3.45. The van der Waals surface area contributed by atoms with Crippen molar-refractivity contribution >= 4 is 22.5 Å². The van der Waals surface area contributed by atoms with E-state index in [1.807, 2.05) is 4.57 Å². The summed E-state index contributed by atoms with van der Waals surface area (Å²) in [5.41, 5.74) is 0.722. The summed E-state index contributed by atoms with van der Waals surface area (Å²) in [6.45, 7) is 6.69. The van der Waals surface area contributed by atoms with E-state index in [4.69, 9.17) is 21.3 Å². The topological polar surface area (TPSA) is 50.6 Å². The van der Waals surface area contributed by atoms with Gasteiger partial charge in [-0.15, -0.1) is 0 Å². The maximum atomic E-state index is 13.2. The van der Waals surface area contributed by atoms with E-state index in [1.54, 1.807) is 19.2 Å². The van der Waals surface area contributed by atoms with Crippen LogP contribution in [-0.2, 0) is 6.54 Å². The molecule has 0 bridgehead atoms. The number of ether oxygens (including phenoxy) is 1. The Kier molecular flexibility index (Phi) is 5.26. The fourth-order valence-corrected chi connectivity index (χ4v) is 5.76. The van der Waals surface area contributed by atoms with Crippen LogP contribution >= 0.6 is 11.6 Å². The van der Waals surface area contributed by atoms with Gasteiger partial charge in [0.2, 0.25) is 0 Å². The fraction of sp³-hybridized carbons (Fsp3) is 0.636. The summed E-state index contributed by atoms with van der Waals surface area (Å²) in [5, 5.41) is 1.04. The number of rotatable bonds is 4. The van der Waals surface area contributed by atoms with Gasteiger partial charge in [-0.25, -0.2) is 4.98 Å². The molecule has 5 rings (SSSR count). The van der Waals surface area contributed by atoms with E-state index < -0.39 is 0 Å². The van der Waals surface area contributed by atoms with Gasteiger partial charge in [-0.1, -0.05) is 11.6 Å². The SMILES string of the molecule is COc1cc2nc3n(c(=O)c2cc1Cl)CC[C@@H]1[C@@H]3CCCN1CCN1CCCC1. The average Bonchev–Trinajstić information content (AvgIpc) is 3.26. The monoisotopic (exact) mass is 416 g/mol. The van der Waals surface area contributed by atoms with Crippen LogP contribution in [0, 0.1) is 0 Å². The van der Waals surface area contributed by atoms with E-state index in [0.29, 0.717) is 33.6 Å². The molecule has 0 spiro atoms. The lowest BCUT2D eigenvalue weighted by atomic mass is 9.83. The minimum atomic E-state index is 0.0298. The van der Waals surface area contributed by atoms with Crippen LogP contribution in [0.2, 0.25) is 5.02 Å². The molecule has 29 heavy (non-hydrogen) atoms. The first-order valence-electron chi connectivity index (χ1n) is 10.9. The van der Waals surface area contributed by atoms with Crippen molar-refractivity contribution in [3.63, 3.8) is 0 Å². The molecule has 2 aromatic rings. The number of benzene rings is 1. The quantitative estimate of drug-likeness (QED) is 0.766. The molecular weight excluding hydrogens is 388 g/mol. The van der Waals surface area contributed by atoms with Crippen molar-refractivity contribution < 1.29 is 4.74 Å². The molecule has 156 valence electrons. The van der Waals surface area contributed by atoms with Crippen LogP contribution in [0.1, 0.15) is 43.8 Å². The molecule has 0 aliphatic carbocycles. The largest absolute Gasteiger partial charge is 0.495 e. The van der Waals surface area contributed by atoms with E-state index in [1.165, 1.54) is 32.4 Å². The first-order chi connectivity index (χ1) is 14.2. The first-order valence-corrected chi connectivity index (χ1v) is 11.3. The van der Waals surface area contributed by atoms with E-state index in [0.717, 1.165) is 44.8 Å². The van der Waals surface area contributed by atoms with Crippen LogP contribution in [0.5, 0.6) is 5.75 Å². The van der Waals surface area contributed by atoms with Crippen molar-refractivity contribution in [3.05, 3.63) is 33.3 Å². The zero-order valence-electron chi connectivity index (χ0n) is 17.1. The van der Waals surface area contributed by atoms with Crippen LogP contribution in [0.3, 0.4) is 0 Å². The highest BCUT2D eigenvalue weighted by Crippen LogP contribution is 2.37. The van der Waals surface area contributed by atoms with Crippen LogP contribution in [0.4, 0.5) is 0 Å². The Balaban J connectivity index is 1.46. The van der Waals surface area contributed by atoms with Gasteiger partial charge in [-0.05, 0) is 57.8 Å². The molecule has 6 nitrogen and oxygen atoms in total. The van der Waals surface area contributed by atoms with Gasteiger partial charge in [-0.3, -0.25) is 14.3 Å². The van der Waals surface area contributed by atoms with Gasteiger partial charge in [0.25, 0.3) is 5.56 Å². The molecule has 3 aliphatic heterocycles. The van der Waals surface area contributed by atoms with Crippen molar-refractivity contribution in [2.75, 3.05) is 39.8 Å². The third-order valence-electron chi connectivity index (χ3n) is 7.03. The smallest absolute Gasteiger partial charge is 0.261 e. The molecule has 2 fully saturated rings. The summed E-state index contributed by atoms with van der Waals surface area (Å²) < 4.78 is 7.25. The lowest BCUT2D eigenvalue weighted by Crippen LogP contribution is -2.51. The molecule has 2 saturated heterocycles. The Morgan fingerprint density at radius 1 is 1.10 bits per heavy atom. The maximum Gasteiger partial charge on any atom is 0.261 e. The average molecular weight is 417 g/mol. The maximum absolute atomic E-state index is 13.2. The Morgan fingerprint density at radius 2 is 1.93 bits per heavy atom. The van der Waals surface area contributed by atoms with E-state index in [-0.39, 0.29) is 5.56 Å². The number of piperidine rings is 1. The van der Waals surface area contributed by atoms with Crippen molar-refractivity contribution in [2.45, 2.75) is 50.6 Å². The standard InChI is InChI=1S/C22H29ClN4O2/c1-29-20-14-18-16(13-17(20)23)22(28)27-10-6-19-15(21(27)24-18)5-4-9-26(19)12-11-25-7-2-3-8-25/h13-15,19H,2-12H2,1H3/t15-,19+/m0/s1. The van der Waals surface area contributed by atoms with E-state index in [9.17, 15) is 4.79 Å². The van der Waals surface area contributed by atoms with Crippen molar-refractivity contribution in [1.29, 1.82) is 0 Å². The Bertz CT molecular complexity index is 969. The lowest BCUT2D eigenvalue weighted by molar-refractivity contribution is 0.0861. The highest BCUT2D eigenvalue weighted by molar-refractivity contribution is 6.32. The molecule has 0 amide bonds. The van der Waals surface area contributed by atoms with Crippen molar-refractivity contribution in [1.82, 2.24) is 19.4 Å². The molecule has 0 saturated carbocycles. The minimum Gasteiger partial charge on any atom is -0.495 e.